The molecule has 0 saturated heterocycles. The van der Waals surface area contributed by atoms with Gasteiger partial charge in [-0.25, -0.2) is 5.84 Å². The molecule has 0 aliphatic carbocycles. The van der Waals surface area contributed by atoms with Gasteiger partial charge in [0.25, 0.3) is 5.91 Å². The fraction of sp³-hybridized carbons (Fsp3) is 0. The first-order valence-electron chi connectivity index (χ1n) is 5.12. The molecule has 0 saturated carbocycles. The zero-order chi connectivity index (χ0) is 12.3. The predicted molar refractivity (Wildman–Crippen MR) is 65.2 cm³/mol. The third-order valence-corrected chi connectivity index (χ3v) is 2.48. The van der Waals surface area contributed by atoms with E-state index in [1.54, 1.807) is 36.4 Å². The van der Waals surface area contributed by atoms with E-state index in [-0.39, 0.29) is 11.7 Å². The largest absolute Gasteiger partial charge is 0.508 e. The van der Waals surface area contributed by atoms with Gasteiger partial charge in [0.05, 0.1) is 0 Å². The molecule has 17 heavy (non-hydrogen) atoms. The van der Waals surface area contributed by atoms with Gasteiger partial charge in [0, 0.05) is 5.56 Å². The van der Waals surface area contributed by atoms with Crippen molar-refractivity contribution in [3.63, 3.8) is 0 Å². The number of rotatable bonds is 2. The molecule has 0 aliphatic rings. The minimum atomic E-state index is -0.339. The van der Waals surface area contributed by atoms with E-state index in [2.05, 4.69) is 5.43 Å². The highest BCUT2D eigenvalue weighted by Gasteiger charge is 2.10. The molecule has 2 aromatic carbocycles. The van der Waals surface area contributed by atoms with Gasteiger partial charge in [-0.15, -0.1) is 0 Å². The Labute approximate surface area is 98.7 Å². The van der Waals surface area contributed by atoms with Crippen molar-refractivity contribution >= 4 is 5.91 Å². The summed E-state index contributed by atoms with van der Waals surface area (Å²) in [6, 6.07) is 13.8. The smallest absolute Gasteiger partial charge is 0.265 e. The van der Waals surface area contributed by atoms with Crippen LogP contribution in [0.15, 0.2) is 48.5 Å². The fourth-order valence-electron chi connectivity index (χ4n) is 1.65. The first-order valence-corrected chi connectivity index (χ1v) is 5.12. The summed E-state index contributed by atoms with van der Waals surface area (Å²) in [5, 5.41) is 9.23. The number of nitrogens with two attached hydrogens (primary N) is 1. The highest BCUT2D eigenvalue weighted by molar-refractivity contribution is 6.00. The Hall–Kier alpha value is -2.33. The molecule has 0 unspecified atom stereocenters. The van der Waals surface area contributed by atoms with Crippen molar-refractivity contribution in [1.82, 2.24) is 5.43 Å². The third kappa shape index (κ3) is 2.26. The summed E-state index contributed by atoms with van der Waals surface area (Å²) in [7, 11) is 0. The van der Waals surface area contributed by atoms with Crippen molar-refractivity contribution in [2.45, 2.75) is 0 Å². The van der Waals surface area contributed by atoms with Gasteiger partial charge in [0.15, 0.2) is 0 Å². The first kappa shape index (κ1) is 11.2. The maximum Gasteiger partial charge on any atom is 0.265 e. The van der Waals surface area contributed by atoms with E-state index in [0.29, 0.717) is 5.56 Å². The number of phenolic OH excluding ortho intramolecular Hbond substituents is 1. The molecule has 0 atom stereocenters. The van der Waals surface area contributed by atoms with Crippen LogP contribution in [0.5, 0.6) is 5.75 Å². The minimum absolute atomic E-state index is 0.189. The molecule has 0 bridgehead atoms. The van der Waals surface area contributed by atoms with Crippen molar-refractivity contribution in [3.05, 3.63) is 54.1 Å². The zero-order valence-corrected chi connectivity index (χ0v) is 9.05. The van der Waals surface area contributed by atoms with Gasteiger partial charge in [-0.1, -0.05) is 30.3 Å². The van der Waals surface area contributed by atoms with E-state index in [1.807, 2.05) is 12.1 Å². The monoisotopic (exact) mass is 228 g/mol. The van der Waals surface area contributed by atoms with Crippen LogP contribution in [0.3, 0.4) is 0 Å². The van der Waals surface area contributed by atoms with Crippen LogP contribution in [0.25, 0.3) is 11.1 Å². The SMILES string of the molecule is NNC(=O)c1ccccc1-c1ccc(O)cc1. The van der Waals surface area contributed by atoms with E-state index in [9.17, 15) is 9.90 Å². The van der Waals surface area contributed by atoms with Gasteiger partial charge in [0.1, 0.15) is 5.75 Å². The summed E-state index contributed by atoms with van der Waals surface area (Å²) >= 11 is 0. The Kier molecular flexibility index (Phi) is 3.07. The van der Waals surface area contributed by atoms with E-state index >= 15 is 0 Å². The third-order valence-electron chi connectivity index (χ3n) is 2.48. The van der Waals surface area contributed by atoms with Crippen LogP contribution in [0, 0.1) is 0 Å². The predicted octanol–water partition coefficient (Wildman–Crippen LogP) is 1.66. The molecule has 0 aromatic heterocycles. The maximum absolute atomic E-state index is 11.6. The summed E-state index contributed by atoms with van der Waals surface area (Å²) < 4.78 is 0. The number of hydrogen-bond acceptors (Lipinski definition) is 3. The molecule has 0 radical (unpaired) electrons. The first-order chi connectivity index (χ1) is 8.22. The number of hydrazine groups is 1. The molecule has 0 aliphatic heterocycles. The maximum atomic E-state index is 11.6. The molecule has 4 nitrogen and oxygen atoms in total. The number of benzene rings is 2. The summed E-state index contributed by atoms with van der Waals surface area (Å²) in [5.74, 6) is 4.99. The molecule has 0 spiro atoms. The lowest BCUT2D eigenvalue weighted by molar-refractivity contribution is 0.0954. The average molecular weight is 228 g/mol. The van der Waals surface area contributed by atoms with Crippen LogP contribution >= 0.6 is 0 Å². The summed E-state index contributed by atoms with van der Waals surface area (Å²) in [5.41, 5.74) is 4.24. The van der Waals surface area contributed by atoms with Crippen LogP contribution in [0.1, 0.15) is 10.4 Å². The number of carbonyl (C=O) groups is 1. The van der Waals surface area contributed by atoms with E-state index in [0.717, 1.165) is 11.1 Å². The Morgan fingerprint density at radius 2 is 1.71 bits per heavy atom. The van der Waals surface area contributed by atoms with Crippen molar-refractivity contribution in [1.29, 1.82) is 0 Å². The number of nitrogen functional groups attached to an aromatic ring is 1. The number of amides is 1. The average Bonchev–Trinajstić information content (AvgIpc) is 2.39. The van der Waals surface area contributed by atoms with Gasteiger partial charge in [0.2, 0.25) is 0 Å². The van der Waals surface area contributed by atoms with Gasteiger partial charge in [-0.05, 0) is 29.3 Å². The standard InChI is InChI=1S/C13H12N2O2/c14-15-13(17)12-4-2-1-3-11(12)9-5-7-10(16)8-6-9/h1-8,16H,14H2,(H,15,17). The molecular weight excluding hydrogens is 216 g/mol. The lowest BCUT2D eigenvalue weighted by Gasteiger charge is -2.08. The fourth-order valence-corrected chi connectivity index (χ4v) is 1.65. The van der Waals surface area contributed by atoms with Crippen LogP contribution in [0.4, 0.5) is 0 Å². The molecular formula is C13H12N2O2. The molecule has 1 amide bonds. The van der Waals surface area contributed by atoms with Gasteiger partial charge < -0.3 is 5.11 Å². The second kappa shape index (κ2) is 4.67. The van der Waals surface area contributed by atoms with Crippen molar-refractivity contribution in [2.75, 3.05) is 0 Å². The van der Waals surface area contributed by atoms with Crippen LogP contribution in [-0.4, -0.2) is 11.0 Å². The minimum Gasteiger partial charge on any atom is -0.508 e. The molecule has 4 heteroatoms. The van der Waals surface area contributed by atoms with Crippen molar-refractivity contribution < 1.29 is 9.90 Å². The topological polar surface area (TPSA) is 75.3 Å². The van der Waals surface area contributed by atoms with Crippen LogP contribution in [-0.2, 0) is 0 Å². The number of nitrogens with one attached hydrogen (secondary N) is 1. The normalized spacial score (nSPS) is 9.94. The second-order valence-electron chi connectivity index (χ2n) is 3.57. The van der Waals surface area contributed by atoms with Gasteiger partial charge in [-0.3, -0.25) is 10.2 Å². The van der Waals surface area contributed by atoms with Crippen molar-refractivity contribution in [2.24, 2.45) is 5.84 Å². The molecule has 86 valence electrons. The molecule has 0 heterocycles. The summed E-state index contributed by atoms with van der Waals surface area (Å²) in [6.07, 6.45) is 0. The number of carbonyl (C=O) groups excluding carboxylic acids is 1. The van der Waals surface area contributed by atoms with Gasteiger partial charge in [-0.2, -0.15) is 0 Å². The molecule has 2 aromatic rings. The highest BCUT2D eigenvalue weighted by Crippen LogP contribution is 2.25. The Morgan fingerprint density at radius 1 is 1.06 bits per heavy atom. The number of phenols is 1. The van der Waals surface area contributed by atoms with Crippen molar-refractivity contribution in [3.8, 4) is 16.9 Å². The van der Waals surface area contributed by atoms with Crippen LogP contribution in [0.2, 0.25) is 0 Å². The Balaban J connectivity index is 2.51. The van der Waals surface area contributed by atoms with E-state index < -0.39 is 0 Å². The van der Waals surface area contributed by atoms with Crippen LogP contribution < -0.4 is 11.3 Å². The molecule has 0 fully saturated rings. The zero-order valence-electron chi connectivity index (χ0n) is 9.05. The quantitative estimate of drug-likeness (QED) is 0.415. The highest BCUT2D eigenvalue weighted by atomic mass is 16.3. The molecule has 4 N–H and O–H groups in total. The summed E-state index contributed by atoms with van der Waals surface area (Å²) in [6.45, 7) is 0. The number of aromatic hydroxyl groups is 1. The Morgan fingerprint density at radius 3 is 2.35 bits per heavy atom. The van der Waals surface area contributed by atoms with E-state index in [4.69, 9.17) is 5.84 Å². The lowest BCUT2D eigenvalue weighted by Crippen LogP contribution is -2.30. The number of hydrogen-bond donors (Lipinski definition) is 3. The second-order valence-corrected chi connectivity index (χ2v) is 3.57. The van der Waals surface area contributed by atoms with Gasteiger partial charge >= 0.3 is 0 Å². The van der Waals surface area contributed by atoms with E-state index in [1.165, 1.54) is 0 Å². The molecule has 2 rings (SSSR count). The lowest BCUT2D eigenvalue weighted by atomic mass is 9.99. The Bertz CT molecular complexity index is 535. The summed E-state index contributed by atoms with van der Waals surface area (Å²) in [4.78, 5) is 11.6.